The van der Waals surface area contributed by atoms with Crippen LogP contribution in [0.5, 0.6) is 0 Å². The summed E-state index contributed by atoms with van der Waals surface area (Å²) >= 11 is 0. The number of hydrogen-bond acceptors (Lipinski definition) is 3. The summed E-state index contributed by atoms with van der Waals surface area (Å²) < 4.78 is 11.6. The Bertz CT molecular complexity index is 198. The predicted octanol–water partition coefficient (Wildman–Crippen LogP) is 2.35. The van der Waals surface area contributed by atoms with Gasteiger partial charge in [0.25, 0.3) is 0 Å². The van der Waals surface area contributed by atoms with Gasteiger partial charge in [0, 0.05) is 18.6 Å². The fourth-order valence-corrected chi connectivity index (χ4v) is 2.86. The van der Waals surface area contributed by atoms with E-state index in [-0.39, 0.29) is 0 Å². The molecule has 2 atom stereocenters. The van der Waals surface area contributed by atoms with Gasteiger partial charge in [-0.15, -0.1) is 0 Å². The molecule has 0 aromatic carbocycles. The minimum Gasteiger partial charge on any atom is -0.381 e. The molecule has 2 aliphatic rings. The largest absolute Gasteiger partial charge is 0.381 e. The molecule has 17 heavy (non-hydrogen) atoms. The topological polar surface area (TPSA) is 30.5 Å². The maximum atomic E-state index is 6.06. The highest BCUT2D eigenvalue weighted by Gasteiger charge is 2.26. The molecule has 3 nitrogen and oxygen atoms in total. The monoisotopic (exact) mass is 241 g/mol. The van der Waals surface area contributed by atoms with Gasteiger partial charge in [-0.05, 0) is 32.2 Å². The van der Waals surface area contributed by atoms with Gasteiger partial charge < -0.3 is 14.8 Å². The SMILES string of the molecule is CCCNC(COC1CCCC1)C1CCOC1. The number of ether oxygens (including phenoxy) is 2. The molecule has 2 fully saturated rings. The molecule has 3 heteroatoms. The minimum atomic E-state index is 0.498. The molecule has 0 spiro atoms. The zero-order chi connectivity index (χ0) is 11.9. The maximum absolute atomic E-state index is 6.06. The highest BCUT2D eigenvalue weighted by molar-refractivity contribution is 4.80. The third kappa shape index (κ3) is 4.23. The van der Waals surface area contributed by atoms with E-state index in [1.165, 1.54) is 38.5 Å². The van der Waals surface area contributed by atoms with Crippen LogP contribution in [0.15, 0.2) is 0 Å². The zero-order valence-corrected chi connectivity index (χ0v) is 11.1. The van der Waals surface area contributed by atoms with Crippen LogP contribution < -0.4 is 5.32 Å². The molecule has 1 heterocycles. The average molecular weight is 241 g/mol. The Kier molecular flexibility index (Phi) is 5.75. The summed E-state index contributed by atoms with van der Waals surface area (Å²) in [6, 6.07) is 0.498. The van der Waals surface area contributed by atoms with Gasteiger partial charge in [-0.3, -0.25) is 0 Å². The fraction of sp³-hybridized carbons (Fsp3) is 1.00. The predicted molar refractivity (Wildman–Crippen MR) is 69.2 cm³/mol. The molecule has 1 saturated heterocycles. The first-order valence-corrected chi connectivity index (χ1v) is 7.33. The van der Waals surface area contributed by atoms with Gasteiger partial charge in [0.1, 0.15) is 0 Å². The highest BCUT2D eigenvalue weighted by atomic mass is 16.5. The summed E-state index contributed by atoms with van der Waals surface area (Å²) in [6.07, 6.45) is 8.14. The van der Waals surface area contributed by atoms with E-state index in [9.17, 15) is 0 Å². The molecule has 0 aromatic rings. The zero-order valence-electron chi connectivity index (χ0n) is 11.1. The van der Waals surface area contributed by atoms with Crippen LogP contribution in [0.3, 0.4) is 0 Å². The lowest BCUT2D eigenvalue weighted by molar-refractivity contribution is 0.0298. The van der Waals surface area contributed by atoms with Crippen molar-refractivity contribution < 1.29 is 9.47 Å². The second kappa shape index (κ2) is 7.34. The van der Waals surface area contributed by atoms with Crippen LogP contribution in [-0.4, -0.2) is 38.5 Å². The number of hydrogen-bond donors (Lipinski definition) is 1. The third-order valence-corrected chi connectivity index (χ3v) is 4.00. The second-order valence-electron chi connectivity index (χ2n) is 5.42. The van der Waals surface area contributed by atoms with E-state index in [4.69, 9.17) is 9.47 Å². The van der Waals surface area contributed by atoms with Gasteiger partial charge >= 0.3 is 0 Å². The van der Waals surface area contributed by atoms with Crippen molar-refractivity contribution in [3.8, 4) is 0 Å². The summed E-state index contributed by atoms with van der Waals surface area (Å²) in [4.78, 5) is 0. The van der Waals surface area contributed by atoms with E-state index in [0.717, 1.165) is 26.4 Å². The lowest BCUT2D eigenvalue weighted by atomic mass is 9.99. The van der Waals surface area contributed by atoms with Gasteiger partial charge in [-0.25, -0.2) is 0 Å². The molecule has 1 saturated carbocycles. The van der Waals surface area contributed by atoms with Crippen LogP contribution in [0.1, 0.15) is 45.4 Å². The Hall–Kier alpha value is -0.120. The van der Waals surface area contributed by atoms with Crippen molar-refractivity contribution in [3.05, 3.63) is 0 Å². The molecule has 0 aromatic heterocycles. The quantitative estimate of drug-likeness (QED) is 0.742. The Morgan fingerprint density at radius 3 is 2.76 bits per heavy atom. The molecule has 2 unspecified atom stereocenters. The molecule has 1 aliphatic heterocycles. The summed E-state index contributed by atoms with van der Waals surface area (Å²) in [5, 5.41) is 3.63. The molecule has 1 aliphatic carbocycles. The average Bonchev–Trinajstić information content (AvgIpc) is 3.01. The fourth-order valence-electron chi connectivity index (χ4n) is 2.86. The van der Waals surface area contributed by atoms with Gasteiger partial charge in [0.15, 0.2) is 0 Å². The van der Waals surface area contributed by atoms with E-state index in [1.54, 1.807) is 0 Å². The standard InChI is InChI=1S/C14H27NO2/c1-2-8-15-14(12-7-9-16-10-12)11-17-13-5-3-4-6-13/h12-15H,2-11H2,1H3. The lowest BCUT2D eigenvalue weighted by Gasteiger charge is -2.25. The van der Waals surface area contributed by atoms with Crippen molar-refractivity contribution in [1.29, 1.82) is 0 Å². The minimum absolute atomic E-state index is 0.498. The molecule has 1 N–H and O–H groups in total. The Morgan fingerprint density at radius 1 is 1.29 bits per heavy atom. The first-order chi connectivity index (χ1) is 8.40. The smallest absolute Gasteiger partial charge is 0.0626 e. The van der Waals surface area contributed by atoms with Gasteiger partial charge in [0.2, 0.25) is 0 Å². The normalized spacial score (nSPS) is 27.7. The number of rotatable bonds is 7. The van der Waals surface area contributed by atoms with Crippen molar-refractivity contribution in [2.24, 2.45) is 5.92 Å². The lowest BCUT2D eigenvalue weighted by Crippen LogP contribution is -2.41. The van der Waals surface area contributed by atoms with E-state index in [0.29, 0.717) is 18.1 Å². The van der Waals surface area contributed by atoms with Crippen LogP contribution in [-0.2, 0) is 9.47 Å². The maximum Gasteiger partial charge on any atom is 0.0626 e. The van der Waals surface area contributed by atoms with Crippen LogP contribution in [0.4, 0.5) is 0 Å². The molecule has 0 amide bonds. The van der Waals surface area contributed by atoms with Crippen LogP contribution in [0, 0.1) is 5.92 Å². The van der Waals surface area contributed by atoms with Crippen LogP contribution in [0.2, 0.25) is 0 Å². The summed E-state index contributed by atoms with van der Waals surface area (Å²) in [5.74, 6) is 0.656. The van der Waals surface area contributed by atoms with Crippen molar-refractivity contribution in [3.63, 3.8) is 0 Å². The van der Waals surface area contributed by atoms with Crippen molar-refractivity contribution in [2.45, 2.75) is 57.6 Å². The first-order valence-electron chi connectivity index (χ1n) is 7.33. The van der Waals surface area contributed by atoms with Crippen LogP contribution in [0.25, 0.3) is 0 Å². The van der Waals surface area contributed by atoms with Crippen molar-refractivity contribution in [1.82, 2.24) is 5.32 Å². The molecular weight excluding hydrogens is 214 g/mol. The van der Waals surface area contributed by atoms with Crippen molar-refractivity contribution >= 4 is 0 Å². The van der Waals surface area contributed by atoms with Gasteiger partial charge in [0.05, 0.1) is 19.3 Å². The third-order valence-electron chi connectivity index (χ3n) is 4.00. The highest BCUT2D eigenvalue weighted by Crippen LogP contribution is 2.23. The molecule has 0 radical (unpaired) electrons. The van der Waals surface area contributed by atoms with Crippen molar-refractivity contribution in [2.75, 3.05) is 26.4 Å². The first kappa shape index (κ1) is 13.3. The van der Waals surface area contributed by atoms with E-state index in [2.05, 4.69) is 12.2 Å². The molecule has 0 bridgehead atoms. The number of nitrogens with one attached hydrogen (secondary N) is 1. The summed E-state index contributed by atoms with van der Waals surface area (Å²) in [5.41, 5.74) is 0. The molecule has 100 valence electrons. The second-order valence-corrected chi connectivity index (χ2v) is 5.42. The Balaban J connectivity index is 1.72. The van der Waals surface area contributed by atoms with Crippen LogP contribution >= 0.6 is 0 Å². The molecule has 2 rings (SSSR count). The van der Waals surface area contributed by atoms with E-state index in [1.807, 2.05) is 0 Å². The summed E-state index contributed by atoms with van der Waals surface area (Å²) in [6.45, 7) is 6.02. The van der Waals surface area contributed by atoms with Gasteiger partial charge in [-0.1, -0.05) is 19.8 Å². The summed E-state index contributed by atoms with van der Waals surface area (Å²) in [7, 11) is 0. The molecular formula is C14H27NO2. The Labute approximate surface area is 105 Å². The van der Waals surface area contributed by atoms with Gasteiger partial charge in [-0.2, -0.15) is 0 Å². The van der Waals surface area contributed by atoms with E-state index < -0.39 is 0 Å². The van der Waals surface area contributed by atoms with E-state index >= 15 is 0 Å². The Morgan fingerprint density at radius 2 is 2.12 bits per heavy atom.